The molecule has 1 heterocycles. The molecule has 1 aromatic rings. The predicted octanol–water partition coefficient (Wildman–Crippen LogP) is 2.30. The first-order valence-corrected chi connectivity index (χ1v) is 6.21. The molecule has 1 aliphatic rings. The number of hydrogen-bond acceptors (Lipinski definition) is 2. The fourth-order valence-electron chi connectivity index (χ4n) is 2.38. The quantitative estimate of drug-likeness (QED) is 0.799. The zero-order chi connectivity index (χ0) is 11.5. The van der Waals surface area contributed by atoms with Gasteiger partial charge in [-0.05, 0) is 62.4 Å². The highest BCUT2D eigenvalue weighted by atomic mass is 14.9. The largest absolute Gasteiger partial charge is 0.330 e. The van der Waals surface area contributed by atoms with Gasteiger partial charge in [0.1, 0.15) is 0 Å². The van der Waals surface area contributed by atoms with E-state index in [0.29, 0.717) is 12.0 Å². The van der Waals surface area contributed by atoms with Crippen molar-refractivity contribution in [3.05, 3.63) is 34.9 Å². The summed E-state index contributed by atoms with van der Waals surface area (Å²) in [6.07, 6.45) is 2.46. The van der Waals surface area contributed by atoms with Crippen LogP contribution in [0.3, 0.4) is 0 Å². The van der Waals surface area contributed by atoms with Crippen LogP contribution in [-0.2, 0) is 0 Å². The Kier molecular flexibility index (Phi) is 3.62. The van der Waals surface area contributed by atoms with Gasteiger partial charge in [-0.25, -0.2) is 0 Å². The third-order valence-electron chi connectivity index (χ3n) is 3.78. The van der Waals surface area contributed by atoms with Crippen LogP contribution in [0.4, 0.5) is 0 Å². The van der Waals surface area contributed by atoms with Crippen LogP contribution < -0.4 is 11.1 Å². The van der Waals surface area contributed by atoms with Crippen molar-refractivity contribution in [2.24, 2.45) is 11.7 Å². The van der Waals surface area contributed by atoms with E-state index in [2.05, 4.69) is 37.4 Å². The molecule has 0 bridgehead atoms. The van der Waals surface area contributed by atoms with Gasteiger partial charge in [-0.2, -0.15) is 0 Å². The third-order valence-corrected chi connectivity index (χ3v) is 3.78. The number of nitrogens with two attached hydrogens (primary N) is 1. The van der Waals surface area contributed by atoms with Gasteiger partial charge in [-0.1, -0.05) is 18.2 Å². The average molecular weight is 218 g/mol. The maximum Gasteiger partial charge on any atom is 0.0320 e. The first-order valence-electron chi connectivity index (χ1n) is 6.21. The summed E-state index contributed by atoms with van der Waals surface area (Å²) >= 11 is 0. The van der Waals surface area contributed by atoms with Crippen molar-refractivity contribution in [3.8, 4) is 0 Å². The molecule has 0 spiro atoms. The number of aryl methyl sites for hydroxylation is 2. The van der Waals surface area contributed by atoms with Crippen molar-refractivity contribution in [1.29, 1.82) is 0 Å². The summed E-state index contributed by atoms with van der Waals surface area (Å²) in [6, 6.07) is 7.32. The van der Waals surface area contributed by atoms with Crippen LogP contribution >= 0.6 is 0 Å². The first kappa shape index (κ1) is 11.6. The Bertz CT molecular complexity index is 352. The first-order chi connectivity index (χ1) is 7.70. The second kappa shape index (κ2) is 4.98. The minimum absolute atomic E-state index is 0.530. The van der Waals surface area contributed by atoms with Crippen LogP contribution in [-0.4, -0.2) is 13.1 Å². The summed E-state index contributed by atoms with van der Waals surface area (Å²) in [4.78, 5) is 0. The maximum atomic E-state index is 5.69. The van der Waals surface area contributed by atoms with Gasteiger partial charge in [0.25, 0.3) is 0 Å². The number of rotatable bonds is 2. The average Bonchev–Trinajstić information content (AvgIpc) is 2.33. The van der Waals surface area contributed by atoms with Gasteiger partial charge < -0.3 is 11.1 Å². The molecule has 16 heavy (non-hydrogen) atoms. The summed E-state index contributed by atoms with van der Waals surface area (Å²) in [5.41, 5.74) is 9.88. The Balaban J connectivity index is 2.05. The molecule has 2 nitrogen and oxygen atoms in total. The molecule has 0 radical (unpaired) electrons. The molecule has 0 saturated carbocycles. The molecule has 88 valence electrons. The molecule has 2 rings (SSSR count). The van der Waals surface area contributed by atoms with E-state index in [9.17, 15) is 0 Å². The number of benzene rings is 1. The lowest BCUT2D eigenvalue weighted by molar-refractivity contribution is 0.320. The maximum absolute atomic E-state index is 5.69. The highest BCUT2D eigenvalue weighted by molar-refractivity contribution is 5.31. The zero-order valence-electron chi connectivity index (χ0n) is 10.3. The van der Waals surface area contributed by atoms with Crippen molar-refractivity contribution in [2.75, 3.05) is 13.1 Å². The van der Waals surface area contributed by atoms with Crippen LogP contribution in [0.25, 0.3) is 0 Å². The summed E-state index contributed by atoms with van der Waals surface area (Å²) in [5.74, 6) is 0.669. The van der Waals surface area contributed by atoms with Gasteiger partial charge in [0.15, 0.2) is 0 Å². The lowest BCUT2D eigenvalue weighted by Crippen LogP contribution is -2.36. The summed E-state index contributed by atoms with van der Waals surface area (Å²) in [6.45, 7) is 6.23. The molecule has 0 amide bonds. The standard InChI is InChI=1S/C14H22N2/c1-10-3-5-13(7-11(10)2)14-6-4-12(8-15)9-16-14/h3,5,7,12,14,16H,4,6,8-9,15H2,1-2H3. The number of hydrogen-bond donors (Lipinski definition) is 2. The smallest absolute Gasteiger partial charge is 0.0320 e. The number of piperidine rings is 1. The molecule has 0 aromatic heterocycles. The predicted molar refractivity (Wildman–Crippen MR) is 68.4 cm³/mol. The van der Waals surface area contributed by atoms with Crippen molar-refractivity contribution in [3.63, 3.8) is 0 Å². The Morgan fingerprint density at radius 2 is 2.06 bits per heavy atom. The number of nitrogens with one attached hydrogen (secondary N) is 1. The van der Waals surface area contributed by atoms with Gasteiger partial charge in [-0.15, -0.1) is 0 Å². The Labute approximate surface area is 98.2 Å². The SMILES string of the molecule is Cc1ccc(C2CCC(CN)CN2)cc1C. The van der Waals surface area contributed by atoms with E-state index in [-0.39, 0.29) is 0 Å². The van der Waals surface area contributed by atoms with Crippen LogP contribution in [0.15, 0.2) is 18.2 Å². The van der Waals surface area contributed by atoms with Gasteiger partial charge in [0.05, 0.1) is 0 Å². The molecule has 2 unspecified atom stereocenters. The molecule has 0 aliphatic carbocycles. The summed E-state index contributed by atoms with van der Waals surface area (Å²) in [5, 5.41) is 3.60. The molecule has 3 N–H and O–H groups in total. The van der Waals surface area contributed by atoms with E-state index < -0.39 is 0 Å². The molecule has 2 atom stereocenters. The molecule has 1 aromatic carbocycles. The van der Waals surface area contributed by atoms with E-state index in [1.165, 1.54) is 29.5 Å². The normalized spacial score (nSPS) is 25.7. The molecule has 1 fully saturated rings. The monoisotopic (exact) mass is 218 g/mol. The minimum atomic E-state index is 0.530. The van der Waals surface area contributed by atoms with Crippen LogP contribution in [0.2, 0.25) is 0 Å². The second-order valence-corrected chi connectivity index (χ2v) is 4.98. The topological polar surface area (TPSA) is 38.0 Å². The van der Waals surface area contributed by atoms with Gasteiger partial charge in [0, 0.05) is 6.04 Å². The van der Waals surface area contributed by atoms with E-state index in [0.717, 1.165) is 13.1 Å². The van der Waals surface area contributed by atoms with E-state index in [1.807, 2.05) is 0 Å². The fraction of sp³-hybridized carbons (Fsp3) is 0.571. The summed E-state index contributed by atoms with van der Waals surface area (Å²) < 4.78 is 0. The molecule has 1 aliphatic heterocycles. The Morgan fingerprint density at radius 3 is 2.62 bits per heavy atom. The van der Waals surface area contributed by atoms with E-state index >= 15 is 0 Å². The minimum Gasteiger partial charge on any atom is -0.330 e. The molecule has 1 saturated heterocycles. The Morgan fingerprint density at radius 1 is 1.25 bits per heavy atom. The zero-order valence-corrected chi connectivity index (χ0v) is 10.3. The molecule has 2 heteroatoms. The highest BCUT2D eigenvalue weighted by Crippen LogP contribution is 2.26. The van der Waals surface area contributed by atoms with Gasteiger partial charge in [-0.3, -0.25) is 0 Å². The van der Waals surface area contributed by atoms with Gasteiger partial charge >= 0.3 is 0 Å². The lowest BCUT2D eigenvalue weighted by Gasteiger charge is -2.29. The van der Waals surface area contributed by atoms with Crippen molar-refractivity contribution < 1.29 is 0 Å². The highest BCUT2D eigenvalue weighted by Gasteiger charge is 2.20. The van der Waals surface area contributed by atoms with E-state index in [1.54, 1.807) is 0 Å². The van der Waals surface area contributed by atoms with Crippen LogP contribution in [0, 0.1) is 19.8 Å². The van der Waals surface area contributed by atoms with Crippen molar-refractivity contribution >= 4 is 0 Å². The fourth-order valence-corrected chi connectivity index (χ4v) is 2.38. The lowest BCUT2D eigenvalue weighted by atomic mass is 9.90. The molecular formula is C14H22N2. The third kappa shape index (κ3) is 2.45. The van der Waals surface area contributed by atoms with E-state index in [4.69, 9.17) is 5.73 Å². The Hall–Kier alpha value is -0.860. The van der Waals surface area contributed by atoms with Crippen LogP contribution in [0.1, 0.15) is 35.6 Å². The van der Waals surface area contributed by atoms with Crippen molar-refractivity contribution in [1.82, 2.24) is 5.32 Å². The van der Waals surface area contributed by atoms with Crippen molar-refractivity contribution in [2.45, 2.75) is 32.7 Å². The second-order valence-electron chi connectivity index (χ2n) is 4.98. The van der Waals surface area contributed by atoms with Gasteiger partial charge in [0.2, 0.25) is 0 Å². The van der Waals surface area contributed by atoms with Crippen LogP contribution in [0.5, 0.6) is 0 Å². The summed E-state index contributed by atoms with van der Waals surface area (Å²) in [7, 11) is 0. The molecular weight excluding hydrogens is 196 g/mol.